The molecule has 0 saturated heterocycles. The van der Waals surface area contributed by atoms with E-state index < -0.39 is 0 Å². The van der Waals surface area contributed by atoms with E-state index in [4.69, 9.17) is 4.74 Å². The van der Waals surface area contributed by atoms with Crippen LogP contribution in [0.15, 0.2) is 0 Å². The van der Waals surface area contributed by atoms with E-state index in [1.54, 1.807) is 14.0 Å². The van der Waals surface area contributed by atoms with E-state index in [1.165, 1.54) is 0 Å². The lowest BCUT2D eigenvalue weighted by Gasteiger charge is -2.25. The summed E-state index contributed by atoms with van der Waals surface area (Å²) in [5.74, 6) is 0.294. The van der Waals surface area contributed by atoms with Gasteiger partial charge in [-0.25, -0.2) is 0 Å². The molecule has 0 aliphatic heterocycles. The minimum atomic E-state index is 0.294. The summed E-state index contributed by atoms with van der Waals surface area (Å²) < 4.78 is 5.07. The highest BCUT2D eigenvalue weighted by molar-refractivity contribution is 5.75. The largest absolute Gasteiger partial charge is 0.383 e. The summed E-state index contributed by atoms with van der Waals surface area (Å²) in [5, 5.41) is 0. The third-order valence-electron chi connectivity index (χ3n) is 2.54. The Bertz CT molecular complexity index is 169. The van der Waals surface area contributed by atoms with Crippen molar-refractivity contribution in [1.82, 2.24) is 4.90 Å². The molecule has 3 nitrogen and oxygen atoms in total. The zero-order chi connectivity index (χ0) is 11.7. The Labute approximate surface area is 93.8 Å². The van der Waals surface area contributed by atoms with E-state index in [9.17, 15) is 4.79 Å². The van der Waals surface area contributed by atoms with Crippen molar-refractivity contribution < 1.29 is 9.53 Å². The van der Waals surface area contributed by atoms with Crippen LogP contribution in [0.25, 0.3) is 0 Å². The van der Waals surface area contributed by atoms with Gasteiger partial charge in [-0.05, 0) is 40.2 Å². The topological polar surface area (TPSA) is 29.5 Å². The minimum absolute atomic E-state index is 0.294. The molecule has 0 radical (unpaired) electrons. The van der Waals surface area contributed by atoms with Crippen molar-refractivity contribution >= 4 is 5.78 Å². The van der Waals surface area contributed by atoms with Gasteiger partial charge in [0.05, 0.1) is 6.61 Å². The Morgan fingerprint density at radius 3 is 2.40 bits per heavy atom. The van der Waals surface area contributed by atoms with Crippen LogP contribution in [0.3, 0.4) is 0 Å². The van der Waals surface area contributed by atoms with Crippen LogP contribution in [0.2, 0.25) is 0 Å². The van der Waals surface area contributed by atoms with Crippen LogP contribution in [0, 0.1) is 0 Å². The number of ether oxygens (including phenoxy) is 1. The molecule has 0 unspecified atom stereocenters. The minimum Gasteiger partial charge on any atom is -0.383 e. The summed E-state index contributed by atoms with van der Waals surface area (Å²) in [5.41, 5.74) is 0. The molecule has 0 amide bonds. The van der Waals surface area contributed by atoms with E-state index in [0.29, 0.717) is 11.8 Å². The van der Waals surface area contributed by atoms with Crippen LogP contribution in [-0.2, 0) is 9.53 Å². The number of unbranched alkanes of at least 4 members (excludes halogenated alkanes) is 1. The zero-order valence-corrected chi connectivity index (χ0v) is 10.6. The fourth-order valence-corrected chi connectivity index (χ4v) is 1.53. The number of Topliss-reactive ketones (excluding diaryl/α,β-unsaturated/α-hetero) is 1. The maximum absolute atomic E-state index is 10.8. The SMILES string of the molecule is COCCN(CCCCC(C)=O)C(C)C. The van der Waals surface area contributed by atoms with Crippen molar-refractivity contribution in [3.05, 3.63) is 0 Å². The van der Waals surface area contributed by atoms with Crippen molar-refractivity contribution in [2.24, 2.45) is 0 Å². The Morgan fingerprint density at radius 1 is 1.27 bits per heavy atom. The maximum atomic E-state index is 10.8. The Kier molecular flexibility index (Phi) is 8.62. The Balaban J connectivity index is 3.61. The normalized spacial score (nSPS) is 11.3. The average molecular weight is 215 g/mol. The van der Waals surface area contributed by atoms with Crippen LogP contribution in [0.1, 0.15) is 40.0 Å². The number of nitrogens with zero attached hydrogens (tertiary/aromatic N) is 1. The first kappa shape index (κ1) is 14.6. The number of hydrogen-bond donors (Lipinski definition) is 0. The lowest BCUT2D eigenvalue weighted by molar-refractivity contribution is -0.117. The lowest BCUT2D eigenvalue weighted by Crippen LogP contribution is -2.34. The number of hydrogen-bond acceptors (Lipinski definition) is 3. The van der Waals surface area contributed by atoms with E-state index in [2.05, 4.69) is 18.7 Å². The van der Waals surface area contributed by atoms with E-state index in [0.717, 1.165) is 39.0 Å². The molecule has 15 heavy (non-hydrogen) atoms. The van der Waals surface area contributed by atoms with Crippen molar-refractivity contribution in [2.75, 3.05) is 26.8 Å². The molecule has 0 N–H and O–H groups in total. The van der Waals surface area contributed by atoms with Crippen molar-refractivity contribution in [2.45, 2.75) is 46.1 Å². The van der Waals surface area contributed by atoms with Crippen LogP contribution < -0.4 is 0 Å². The predicted octanol–water partition coefficient (Wildman–Crippen LogP) is 2.10. The van der Waals surface area contributed by atoms with Gasteiger partial charge in [-0.1, -0.05) is 0 Å². The Morgan fingerprint density at radius 2 is 1.93 bits per heavy atom. The second kappa shape index (κ2) is 8.86. The highest BCUT2D eigenvalue weighted by Gasteiger charge is 2.08. The molecule has 0 fully saturated rings. The molecule has 0 aliphatic carbocycles. The number of methoxy groups -OCH3 is 1. The number of rotatable bonds is 9. The zero-order valence-electron chi connectivity index (χ0n) is 10.6. The van der Waals surface area contributed by atoms with Crippen LogP contribution in [0.4, 0.5) is 0 Å². The van der Waals surface area contributed by atoms with Gasteiger partial charge in [-0.2, -0.15) is 0 Å². The first-order chi connectivity index (χ1) is 7.07. The maximum Gasteiger partial charge on any atom is 0.129 e. The number of carbonyl (C=O) groups excluding carboxylic acids is 1. The fourth-order valence-electron chi connectivity index (χ4n) is 1.53. The standard InChI is InChI=1S/C12H25NO2/c1-11(2)13(9-10-15-4)8-6-5-7-12(3)14/h11H,5-10H2,1-4H3. The predicted molar refractivity (Wildman–Crippen MR) is 63.1 cm³/mol. The quantitative estimate of drug-likeness (QED) is 0.552. The van der Waals surface area contributed by atoms with E-state index in [-0.39, 0.29) is 0 Å². The fraction of sp³-hybridized carbons (Fsp3) is 0.917. The second-order valence-corrected chi connectivity index (χ2v) is 4.28. The Hall–Kier alpha value is -0.410. The van der Waals surface area contributed by atoms with Gasteiger partial charge in [0.15, 0.2) is 0 Å². The lowest BCUT2D eigenvalue weighted by atomic mass is 10.2. The molecule has 3 heteroatoms. The van der Waals surface area contributed by atoms with Crippen LogP contribution >= 0.6 is 0 Å². The smallest absolute Gasteiger partial charge is 0.129 e. The molecule has 0 bridgehead atoms. The summed E-state index contributed by atoms with van der Waals surface area (Å²) in [6.45, 7) is 8.87. The summed E-state index contributed by atoms with van der Waals surface area (Å²) in [6, 6.07) is 0.553. The molecule has 0 heterocycles. The molecule has 0 aromatic rings. The molecule has 0 aliphatic rings. The number of carbonyl (C=O) groups is 1. The van der Waals surface area contributed by atoms with Gasteiger partial charge in [0.25, 0.3) is 0 Å². The molecule has 0 saturated carbocycles. The van der Waals surface area contributed by atoms with E-state index in [1.807, 2.05) is 0 Å². The van der Waals surface area contributed by atoms with Gasteiger partial charge in [-0.3, -0.25) is 4.90 Å². The molecule has 0 spiro atoms. The summed E-state index contributed by atoms with van der Waals surface area (Å²) in [4.78, 5) is 13.2. The van der Waals surface area contributed by atoms with E-state index >= 15 is 0 Å². The van der Waals surface area contributed by atoms with Gasteiger partial charge in [0.1, 0.15) is 5.78 Å². The molecule has 0 rings (SSSR count). The molecular weight excluding hydrogens is 190 g/mol. The monoisotopic (exact) mass is 215 g/mol. The van der Waals surface area contributed by atoms with Crippen molar-refractivity contribution in [3.8, 4) is 0 Å². The van der Waals surface area contributed by atoms with Gasteiger partial charge in [0.2, 0.25) is 0 Å². The van der Waals surface area contributed by atoms with Gasteiger partial charge >= 0.3 is 0 Å². The molecule has 0 atom stereocenters. The summed E-state index contributed by atoms with van der Waals surface area (Å²) in [7, 11) is 1.73. The highest BCUT2D eigenvalue weighted by Crippen LogP contribution is 2.03. The van der Waals surface area contributed by atoms with Crippen LogP contribution in [-0.4, -0.2) is 43.5 Å². The van der Waals surface area contributed by atoms with Crippen molar-refractivity contribution in [1.29, 1.82) is 0 Å². The summed E-state index contributed by atoms with van der Waals surface area (Å²) >= 11 is 0. The van der Waals surface area contributed by atoms with Gasteiger partial charge in [-0.15, -0.1) is 0 Å². The average Bonchev–Trinajstić information content (AvgIpc) is 2.15. The molecule has 0 aromatic carbocycles. The molecule has 90 valence electrons. The molecular formula is C12H25NO2. The van der Waals surface area contributed by atoms with Crippen molar-refractivity contribution in [3.63, 3.8) is 0 Å². The third-order valence-corrected chi connectivity index (χ3v) is 2.54. The third kappa shape index (κ3) is 8.58. The number of ketones is 1. The van der Waals surface area contributed by atoms with Gasteiger partial charge < -0.3 is 9.53 Å². The first-order valence-electron chi connectivity index (χ1n) is 5.80. The highest BCUT2D eigenvalue weighted by atomic mass is 16.5. The summed E-state index contributed by atoms with van der Waals surface area (Å²) in [6.07, 6.45) is 2.82. The van der Waals surface area contributed by atoms with Gasteiger partial charge in [0, 0.05) is 26.1 Å². The first-order valence-corrected chi connectivity index (χ1v) is 5.80. The van der Waals surface area contributed by atoms with Crippen LogP contribution in [0.5, 0.6) is 0 Å². The second-order valence-electron chi connectivity index (χ2n) is 4.28. The molecule has 0 aromatic heterocycles.